The van der Waals surface area contributed by atoms with Gasteiger partial charge in [0.2, 0.25) is 0 Å². The fourth-order valence-corrected chi connectivity index (χ4v) is 3.50. The quantitative estimate of drug-likeness (QED) is 0.575. The normalized spacial score (nSPS) is 17.7. The number of methoxy groups -OCH3 is 1. The summed E-state index contributed by atoms with van der Waals surface area (Å²) in [5.41, 5.74) is -3.13. The minimum Gasteiger partial charge on any atom is -0.497 e. The number of ether oxygens (including phenoxy) is 1. The van der Waals surface area contributed by atoms with E-state index in [1.165, 1.54) is 37.6 Å². The molecule has 4 rings (SSSR count). The SMILES string of the molecule is COc1ccn2c(=O)c(-c3ccc(B4OC(C)(C)C(C)(C)O4)cc3)c(C(F)(F)F)nc2c1. The number of alkyl halides is 3. The first-order chi connectivity index (χ1) is 14.8. The number of hydrogen-bond acceptors (Lipinski definition) is 5. The number of aromatic nitrogens is 2. The van der Waals surface area contributed by atoms with Crippen LogP contribution in [0.4, 0.5) is 13.2 Å². The summed E-state index contributed by atoms with van der Waals surface area (Å²) in [5, 5.41) is 0. The highest BCUT2D eigenvalue weighted by atomic mass is 19.4. The Hall–Kier alpha value is -2.85. The molecule has 6 nitrogen and oxygen atoms in total. The Morgan fingerprint density at radius 1 is 1.03 bits per heavy atom. The van der Waals surface area contributed by atoms with Gasteiger partial charge in [-0.2, -0.15) is 13.2 Å². The molecule has 3 aromatic rings. The number of pyridine rings is 1. The minimum atomic E-state index is -4.82. The van der Waals surface area contributed by atoms with Crippen molar-refractivity contribution in [1.29, 1.82) is 0 Å². The van der Waals surface area contributed by atoms with Gasteiger partial charge in [-0.3, -0.25) is 9.20 Å². The monoisotopic (exact) mass is 446 g/mol. The lowest BCUT2D eigenvalue weighted by Gasteiger charge is -2.32. The van der Waals surface area contributed by atoms with Crippen molar-refractivity contribution in [2.75, 3.05) is 7.11 Å². The fourth-order valence-electron chi connectivity index (χ4n) is 3.50. The maximum atomic E-state index is 13.8. The molecule has 1 saturated heterocycles. The third-order valence-corrected chi connectivity index (χ3v) is 6.03. The molecule has 1 aliphatic rings. The largest absolute Gasteiger partial charge is 0.497 e. The van der Waals surface area contributed by atoms with Crippen LogP contribution in [0.3, 0.4) is 0 Å². The molecule has 0 saturated carbocycles. The summed E-state index contributed by atoms with van der Waals surface area (Å²) in [4.78, 5) is 16.8. The van der Waals surface area contributed by atoms with E-state index in [0.717, 1.165) is 4.40 Å². The minimum absolute atomic E-state index is 0.0975. The van der Waals surface area contributed by atoms with Crippen molar-refractivity contribution < 1.29 is 27.2 Å². The first kappa shape index (κ1) is 22.4. The molecule has 0 N–H and O–H groups in total. The molecule has 1 aliphatic heterocycles. The molecule has 0 unspecified atom stereocenters. The summed E-state index contributed by atoms with van der Waals surface area (Å²) in [6, 6.07) is 8.85. The van der Waals surface area contributed by atoms with Gasteiger partial charge in [-0.05, 0) is 44.8 Å². The van der Waals surface area contributed by atoms with E-state index in [0.29, 0.717) is 11.2 Å². The second-order valence-corrected chi connectivity index (χ2v) is 8.64. The van der Waals surface area contributed by atoms with Gasteiger partial charge in [-0.1, -0.05) is 24.3 Å². The van der Waals surface area contributed by atoms with Gasteiger partial charge in [0.15, 0.2) is 5.69 Å². The first-order valence-electron chi connectivity index (χ1n) is 9.98. The van der Waals surface area contributed by atoms with E-state index >= 15 is 0 Å². The molecular weight excluding hydrogens is 424 g/mol. The van der Waals surface area contributed by atoms with Gasteiger partial charge < -0.3 is 14.0 Å². The van der Waals surface area contributed by atoms with E-state index in [-0.39, 0.29) is 11.2 Å². The Labute approximate surface area is 183 Å². The Morgan fingerprint density at radius 3 is 2.16 bits per heavy atom. The highest BCUT2D eigenvalue weighted by molar-refractivity contribution is 6.62. The molecular formula is C22H22BF3N2O4. The summed E-state index contributed by atoms with van der Waals surface area (Å²) in [5.74, 6) is 0.296. The molecule has 0 aliphatic carbocycles. The van der Waals surface area contributed by atoms with Gasteiger partial charge >= 0.3 is 13.3 Å². The summed E-state index contributed by atoms with van der Waals surface area (Å²) >= 11 is 0. The van der Waals surface area contributed by atoms with E-state index in [1.807, 2.05) is 27.7 Å². The molecule has 0 spiro atoms. The van der Waals surface area contributed by atoms with Crippen LogP contribution >= 0.6 is 0 Å². The lowest BCUT2D eigenvalue weighted by atomic mass is 9.78. The van der Waals surface area contributed by atoms with Crippen molar-refractivity contribution in [3.05, 3.63) is 58.6 Å². The molecule has 0 atom stereocenters. The van der Waals surface area contributed by atoms with Gasteiger partial charge in [0, 0.05) is 12.3 Å². The average molecular weight is 446 g/mol. The van der Waals surface area contributed by atoms with Crippen LogP contribution in [-0.4, -0.2) is 34.8 Å². The highest BCUT2D eigenvalue weighted by Crippen LogP contribution is 2.37. The van der Waals surface area contributed by atoms with Crippen molar-refractivity contribution in [3.63, 3.8) is 0 Å². The molecule has 2 aromatic heterocycles. The number of hydrogen-bond donors (Lipinski definition) is 0. The van der Waals surface area contributed by atoms with E-state index < -0.39 is 41.3 Å². The number of nitrogens with zero attached hydrogens (tertiary/aromatic N) is 2. The van der Waals surface area contributed by atoms with Crippen molar-refractivity contribution in [3.8, 4) is 16.9 Å². The lowest BCUT2D eigenvalue weighted by molar-refractivity contribution is -0.140. The fraction of sp³-hybridized carbons (Fsp3) is 0.364. The third-order valence-electron chi connectivity index (χ3n) is 6.03. The Kier molecular flexibility index (Phi) is 5.13. The molecule has 10 heteroatoms. The Bertz CT molecular complexity index is 1220. The summed E-state index contributed by atoms with van der Waals surface area (Å²) in [6.07, 6.45) is -3.48. The topological polar surface area (TPSA) is 62.1 Å². The van der Waals surface area contributed by atoms with Crippen LogP contribution in [0.5, 0.6) is 5.75 Å². The molecule has 32 heavy (non-hydrogen) atoms. The average Bonchev–Trinajstić information content (AvgIpc) is 2.94. The smallest absolute Gasteiger partial charge is 0.494 e. The summed E-state index contributed by atoms with van der Waals surface area (Å²) < 4.78 is 59.6. The van der Waals surface area contributed by atoms with Crippen molar-refractivity contribution >= 4 is 18.2 Å². The van der Waals surface area contributed by atoms with Gasteiger partial charge in [0.25, 0.3) is 5.56 Å². The zero-order chi connectivity index (χ0) is 23.5. The molecule has 3 heterocycles. The summed E-state index contributed by atoms with van der Waals surface area (Å²) in [6.45, 7) is 7.64. The van der Waals surface area contributed by atoms with E-state index in [4.69, 9.17) is 14.0 Å². The Balaban J connectivity index is 1.81. The van der Waals surface area contributed by atoms with Crippen molar-refractivity contribution in [1.82, 2.24) is 9.38 Å². The van der Waals surface area contributed by atoms with Crippen molar-refractivity contribution in [2.24, 2.45) is 0 Å². The number of rotatable bonds is 3. The van der Waals surface area contributed by atoms with Gasteiger partial charge in [-0.15, -0.1) is 0 Å². The predicted molar refractivity (Wildman–Crippen MR) is 114 cm³/mol. The molecule has 0 amide bonds. The van der Waals surface area contributed by atoms with Crippen LogP contribution in [0.25, 0.3) is 16.8 Å². The Morgan fingerprint density at radius 2 is 1.62 bits per heavy atom. The molecule has 0 radical (unpaired) electrons. The van der Waals surface area contributed by atoms with Crippen LogP contribution in [0.15, 0.2) is 47.4 Å². The third kappa shape index (κ3) is 3.67. The lowest BCUT2D eigenvalue weighted by Crippen LogP contribution is -2.41. The molecule has 0 bridgehead atoms. The highest BCUT2D eigenvalue weighted by Gasteiger charge is 2.51. The van der Waals surface area contributed by atoms with Gasteiger partial charge in [-0.25, -0.2) is 4.98 Å². The molecule has 168 valence electrons. The standard InChI is InChI=1S/C22H22BF3N2O4/c1-20(2)21(3,4)32-23(31-20)14-8-6-13(7-9-14)17-18(22(24,25)26)27-16-12-15(30-5)10-11-28(16)19(17)29/h6-12H,1-5H3. The van der Waals surface area contributed by atoms with Crippen LogP contribution < -0.4 is 15.8 Å². The van der Waals surface area contributed by atoms with Crippen LogP contribution in [0.1, 0.15) is 33.4 Å². The van der Waals surface area contributed by atoms with Crippen LogP contribution in [0.2, 0.25) is 0 Å². The number of fused-ring (bicyclic) bond motifs is 1. The van der Waals surface area contributed by atoms with Crippen molar-refractivity contribution in [2.45, 2.75) is 45.1 Å². The van der Waals surface area contributed by atoms with E-state index in [2.05, 4.69) is 4.98 Å². The summed E-state index contributed by atoms with van der Waals surface area (Å²) in [7, 11) is 0.712. The van der Waals surface area contributed by atoms with Gasteiger partial charge in [0.1, 0.15) is 11.4 Å². The van der Waals surface area contributed by atoms with Gasteiger partial charge in [0.05, 0.1) is 23.9 Å². The number of benzene rings is 1. The molecule has 1 aromatic carbocycles. The second-order valence-electron chi connectivity index (χ2n) is 8.64. The first-order valence-corrected chi connectivity index (χ1v) is 9.98. The van der Waals surface area contributed by atoms with Crippen LogP contribution in [0, 0.1) is 0 Å². The zero-order valence-electron chi connectivity index (χ0n) is 18.3. The predicted octanol–water partition coefficient (Wildman–Crippen LogP) is 3.69. The second kappa shape index (κ2) is 7.35. The maximum Gasteiger partial charge on any atom is 0.494 e. The van der Waals surface area contributed by atoms with E-state index in [1.54, 1.807) is 12.1 Å². The molecule has 1 fully saturated rings. The van der Waals surface area contributed by atoms with E-state index in [9.17, 15) is 18.0 Å². The number of halogens is 3. The van der Waals surface area contributed by atoms with Crippen LogP contribution in [-0.2, 0) is 15.5 Å². The zero-order valence-corrected chi connectivity index (χ0v) is 18.3. The maximum absolute atomic E-state index is 13.8.